The van der Waals surface area contributed by atoms with Gasteiger partial charge in [0.15, 0.2) is 5.82 Å². The summed E-state index contributed by atoms with van der Waals surface area (Å²) in [5, 5.41) is 7.42. The van der Waals surface area contributed by atoms with Crippen molar-refractivity contribution in [3.8, 4) is 0 Å². The first kappa shape index (κ1) is 16.0. The number of nitrogens with one attached hydrogen (secondary N) is 1. The summed E-state index contributed by atoms with van der Waals surface area (Å²) < 4.78 is 2.80. The van der Waals surface area contributed by atoms with Gasteiger partial charge in [0.25, 0.3) is 0 Å². The maximum absolute atomic E-state index is 12.8. The number of nitrogens with zero attached hydrogens (tertiary/aromatic N) is 3. The van der Waals surface area contributed by atoms with Crippen LogP contribution < -0.4 is 5.32 Å². The molecule has 4 rings (SSSR count). The van der Waals surface area contributed by atoms with E-state index in [1.54, 1.807) is 12.4 Å². The topological polar surface area (TPSA) is 59.8 Å². The summed E-state index contributed by atoms with van der Waals surface area (Å²) in [4.78, 5) is 16.8. The van der Waals surface area contributed by atoms with Gasteiger partial charge < -0.3 is 5.32 Å². The van der Waals surface area contributed by atoms with Gasteiger partial charge in [-0.1, -0.05) is 28.1 Å². The molecular weight excluding hydrogens is 380 g/mol. The van der Waals surface area contributed by atoms with Crippen molar-refractivity contribution < 1.29 is 4.79 Å². The number of anilines is 1. The predicted molar refractivity (Wildman–Crippen MR) is 99.2 cm³/mol. The van der Waals surface area contributed by atoms with Crippen molar-refractivity contribution in [2.24, 2.45) is 0 Å². The first-order valence-corrected chi connectivity index (χ1v) is 8.95. The van der Waals surface area contributed by atoms with E-state index in [4.69, 9.17) is 0 Å². The van der Waals surface area contributed by atoms with Crippen LogP contribution >= 0.6 is 15.9 Å². The third-order valence-corrected chi connectivity index (χ3v) is 5.03. The Morgan fingerprint density at radius 2 is 2.00 bits per heavy atom. The largest absolute Gasteiger partial charge is 0.308 e. The van der Waals surface area contributed by atoms with Crippen LogP contribution in [0.5, 0.6) is 0 Å². The summed E-state index contributed by atoms with van der Waals surface area (Å²) >= 11 is 3.48. The quantitative estimate of drug-likeness (QED) is 0.713. The van der Waals surface area contributed by atoms with Gasteiger partial charge in [-0.3, -0.25) is 14.5 Å². The standard InChI is InChI=1S/C19H17BrN4O/c20-16-3-1-2-15(12-16)19(7-8-19)18(25)22-17-6-11-24(23-17)13-14-4-9-21-10-5-14/h1-6,9-12H,7-8,13H2,(H,22,23,25). The summed E-state index contributed by atoms with van der Waals surface area (Å²) in [5.41, 5.74) is 1.75. The van der Waals surface area contributed by atoms with E-state index in [2.05, 4.69) is 31.3 Å². The summed E-state index contributed by atoms with van der Waals surface area (Å²) in [6.07, 6.45) is 7.13. The molecule has 1 fully saturated rings. The second-order valence-corrected chi connectivity index (χ2v) is 7.22. The molecule has 2 aromatic heterocycles. The Morgan fingerprint density at radius 1 is 1.20 bits per heavy atom. The molecule has 1 aromatic carbocycles. The molecule has 126 valence electrons. The lowest BCUT2D eigenvalue weighted by molar-refractivity contribution is -0.118. The van der Waals surface area contributed by atoms with Crippen molar-refractivity contribution in [3.05, 3.63) is 76.7 Å². The molecule has 1 amide bonds. The van der Waals surface area contributed by atoms with Crippen LogP contribution in [0.15, 0.2) is 65.5 Å². The molecule has 1 aliphatic rings. The highest BCUT2D eigenvalue weighted by atomic mass is 79.9. The van der Waals surface area contributed by atoms with E-state index in [0.29, 0.717) is 12.4 Å². The number of rotatable bonds is 5. The molecule has 0 saturated heterocycles. The van der Waals surface area contributed by atoms with Crippen molar-refractivity contribution in [1.29, 1.82) is 0 Å². The van der Waals surface area contributed by atoms with Gasteiger partial charge in [0.1, 0.15) is 0 Å². The second kappa shape index (κ2) is 6.44. The molecule has 0 bridgehead atoms. The van der Waals surface area contributed by atoms with E-state index in [1.807, 2.05) is 53.3 Å². The highest BCUT2D eigenvalue weighted by molar-refractivity contribution is 9.10. The molecule has 25 heavy (non-hydrogen) atoms. The maximum Gasteiger partial charge on any atom is 0.236 e. The summed E-state index contributed by atoms with van der Waals surface area (Å²) in [5.74, 6) is 0.597. The lowest BCUT2D eigenvalue weighted by atomic mass is 9.95. The third-order valence-electron chi connectivity index (χ3n) is 4.54. The maximum atomic E-state index is 12.8. The zero-order valence-electron chi connectivity index (χ0n) is 13.5. The number of carbonyl (C=O) groups is 1. The number of amides is 1. The van der Waals surface area contributed by atoms with Crippen molar-refractivity contribution in [2.75, 3.05) is 5.32 Å². The number of carbonyl (C=O) groups excluding carboxylic acids is 1. The molecule has 0 atom stereocenters. The van der Waals surface area contributed by atoms with Crippen LogP contribution in [0.25, 0.3) is 0 Å². The van der Waals surface area contributed by atoms with Crippen LogP contribution in [-0.4, -0.2) is 20.7 Å². The lowest BCUT2D eigenvalue weighted by Crippen LogP contribution is -2.28. The zero-order chi connectivity index (χ0) is 17.3. The van der Waals surface area contributed by atoms with Gasteiger partial charge in [-0.25, -0.2) is 0 Å². The smallest absolute Gasteiger partial charge is 0.236 e. The van der Waals surface area contributed by atoms with Gasteiger partial charge in [-0.2, -0.15) is 5.10 Å². The van der Waals surface area contributed by atoms with Crippen LogP contribution in [-0.2, 0) is 16.8 Å². The number of hydrogen-bond acceptors (Lipinski definition) is 3. The van der Waals surface area contributed by atoms with Crippen molar-refractivity contribution in [2.45, 2.75) is 24.8 Å². The Morgan fingerprint density at radius 3 is 2.72 bits per heavy atom. The minimum atomic E-state index is -0.418. The SMILES string of the molecule is O=C(Nc1ccn(Cc2ccncc2)n1)C1(c2cccc(Br)c2)CC1. The summed E-state index contributed by atoms with van der Waals surface area (Å²) in [6.45, 7) is 0.648. The second-order valence-electron chi connectivity index (χ2n) is 6.30. The summed E-state index contributed by atoms with van der Waals surface area (Å²) in [6, 6.07) is 13.7. The number of pyridine rings is 1. The average molecular weight is 397 g/mol. The van der Waals surface area contributed by atoms with Gasteiger partial charge in [-0.05, 0) is 48.2 Å². The molecule has 3 aromatic rings. The van der Waals surface area contributed by atoms with Crippen LogP contribution in [0.2, 0.25) is 0 Å². The van der Waals surface area contributed by atoms with E-state index >= 15 is 0 Å². The molecule has 1 N–H and O–H groups in total. The minimum Gasteiger partial charge on any atom is -0.308 e. The Bertz CT molecular complexity index is 903. The van der Waals surface area contributed by atoms with Crippen LogP contribution in [0.1, 0.15) is 24.0 Å². The highest BCUT2D eigenvalue weighted by Crippen LogP contribution is 2.49. The van der Waals surface area contributed by atoms with Gasteiger partial charge in [-0.15, -0.1) is 0 Å². The molecule has 2 heterocycles. The van der Waals surface area contributed by atoms with E-state index < -0.39 is 5.41 Å². The first-order valence-electron chi connectivity index (χ1n) is 8.16. The monoisotopic (exact) mass is 396 g/mol. The Labute approximate surface area is 154 Å². The molecular formula is C19H17BrN4O. The van der Waals surface area contributed by atoms with E-state index in [-0.39, 0.29) is 5.91 Å². The van der Waals surface area contributed by atoms with Crippen LogP contribution in [0, 0.1) is 0 Å². The lowest BCUT2D eigenvalue weighted by Gasteiger charge is -2.15. The van der Waals surface area contributed by atoms with Crippen LogP contribution in [0.3, 0.4) is 0 Å². The molecule has 0 radical (unpaired) electrons. The molecule has 1 saturated carbocycles. The van der Waals surface area contributed by atoms with Gasteiger partial charge in [0.05, 0.1) is 12.0 Å². The Balaban J connectivity index is 1.47. The summed E-state index contributed by atoms with van der Waals surface area (Å²) in [7, 11) is 0. The van der Waals surface area contributed by atoms with Gasteiger partial charge in [0, 0.05) is 29.1 Å². The number of halogens is 1. The number of hydrogen-bond donors (Lipinski definition) is 1. The average Bonchev–Trinajstić information content (AvgIpc) is 3.33. The normalized spacial score (nSPS) is 14.9. The van der Waals surface area contributed by atoms with Crippen molar-refractivity contribution >= 4 is 27.7 Å². The highest BCUT2D eigenvalue weighted by Gasteiger charge is 2.51. The van der Waals surface area contributed by atoms with Crippen molar-refractivity contribution in [3.63, 3.8) is 0 Å². The number of aromatic nitrogens is 3. The molecule has 1 aliphatic carbocycles. The third kappa shape index (κ3) is 3.35. The van der Waals surface area contributed by atoms with Gasteiger partial charge >= 0.3 is 0 Å². The van der Waals surface area contributed by atoms with E-state index in [0.717, 1.165) is 28.4 Å². The van der Waals surface area contributed by atoms with Crippen molar-refractivity contribution in [1.82, 2.24) is 14.8 Å². The first-order chi connectivity index (χ1) is 12.2. The fraction of sp³-hybridized carbons (Fsp3) is 0.211. The molecule has 6 heteroatoms. The minimum absolute atomic E-state index is 0.0137. The predicted octanol–water partition coefficient (Wildman–Crippen LogP) is 3.76. The fourth-order valence-electron chi connectivity index (χ4n) is 2.99. The Hall–Kier alpha value is -2.47. The molecule has 5 nitrogen and oxygen atoms in total. The van der Waals surface area contributed by atoms with E-state index in [1.165, 1.54) is 0 Å². The molecule has 0 aliphatic heterocycles. The van der Waals surface area contributed by atoms with Crippen LogP contribution in [0.4, 0.5) is 5.82 Å². The fourth-order valence-corrected chi connectivity index (χ4v) is 3.38. The van der Waals surface area contributed by atoms with E-state index in [9.17, 15) is 4.79 Å². The Kier molecular flexibility index (Phi) is 4.13. The molecule has 0 spiro atoms. The number of benzene rings is 1. The van der Waals surface area contributed by atoms with Gasteiger partial charge in [0.2, 0.25) is 5.91 Å². The molecule has 0 unspecified atom stereocenters. The zero-order valence-corrected chi connectivity index (χ0v) is 15.1.